The van der Waals surface area contributed by atoms with E-state index < -0.39 is 0 Å². The first-order valence-electron chi connectivity index (χ1n) is 6.27. The van der Waals surface area contributed by atoms with E-state index in [0.29, 0.717) is 5.88 Å². The van der Waals surface area contributed by atoms with Crippen LogP contribution >= 0.6 is 27.5 Å². The maximum absolute atomic E-state index is 6.05. The number of aromatic nitrogens is 3. The number of aryl methyl sites for hydroxylation is 2. The zero-order chi connectivity index (χ0) is 14.3. The van der Waals surface area contributed by atoms with Crippen molar-refractivity contribution in [1.82, 2.24) is 14.5 Å². The molecule has 5 heteroatoms. The minimum absolute atomic E-state index is 0.349. The normalized spacial score (nSPS) is 11.2. The lowest BCUT2D eigenvalue weighted by Gasteiger charge is -2.09. The first-order chi connectivity index (χ1) is 9.61. The van der Waals surface area contributed by atoms with Gasteiger partial charge in [-0.2, -0.15) is 0 Å². The largest absolute Gasteiger partial charge is 0.280 e. The van der Waals surface area contributed by atoms with Gasteiger partial charge < -0.3 is 0 Å². The minimum Gasteiger partial charge on any atom is -0.280 e. The lowest BCUT2D eigenvalue weighted by Crippen LogP contribution is -2.00. The first-order valence-corrected chi connectivity index (χ1v) is 7.60. The summed E-state index contributed by atoms with van der Waals surface area (Å²) in [6, 6.07) is 8.15. The second-order valence-corrected chi connectivity index (χ2v) is 5.85. The van der Waals surface area contributed by atoms with E-state index in [1.165, 1.54) is 5.56 Å². The van der Waals surface area contributed by atoms with Crippen molar-refractivity contribution < 1.29 is 0 Å². The van der Waals surface area contributed by atoms with Crippen LogP contribution in [0, 0.1) is 13.8 Å². The molecule has 0 unspecified atom stereocenters. The topological polar surface area (TPSA) is 30.7 Å². The van der Waals surface area contributed by atoms with E-state index >= 15 is 0 Å². The Morgan fingerprint density at radius 2 is 2.00 bits per heavy atom. The standard InChI is InChI=1S/C15H13BrClN3/c1-9-3-4-11(7-12(9)16)20-13(8-17)19-14-10(2)5-6-18-15(14)20/h3-7H,8H2,1-2H3. The Morgan fingerprint density at radius 3 is 2.70 bits per heavy atom. The minimum atomic E-state index is 0.349. The number of rotatable bonds is 2. The summed E-state index contributed by atoms with van der Waals surface area (Å²) >= 11 is 9.62. The monoisotopic (exact) mass is 349 g/mol. The van der Waals surface area contributed by atoms with Crippen LogP contribution < -0.4 is 0 Å². The highest BCUT2D eigenvalue weighted by Crippen LogP contribution is 2.26. The molecular weight excluding hydrogens is 338 g/mol. The second kappa shape index (κ2) is 5.19. The smallest absolute Gasteiger partial charge is 0.164 e. The SMILES string of the molecule is Cc1ccc(-n2c(CCl)nc3c(C)ccnc32)cc1Br. The molecule has 3 aromatic rings. The van der Waals surface area contributed by atoms with Gasteiger partial charge in [0, 0.05) is 10.7 Å². The molecule has 0 radical (unpaired) electrons. The predicted molar refractivity (Wildman–Crippen MR) is 85.6 cm³/mol. The Kier molecular flexibility index (Phi) is 3.52. The summed E-state index contributed by atoms with van der Waals surface area (Å²) < 4.78 is 3.07. The number of alkyl halides is 1. The van der Waals surface area contributed by atoms with Crippen LogP contribution in [0.25, 0.3) is 16.9 Å². The summed E-state index contributed by atoms with van der Waals surface area (Å²) in [7, 11) is 0. The van der Waals surface area contributed by atoms with Crippen molar-refractivity contribution in [1.29, 1.82) is 0 Å². The molecule has 0 spiro atoms. The van der Waals surface area contributed by atoms with E-state index in [9.17, 15) is 0 Å². The Labute approximate surface area is 130 Å². The van der Waals surface area contributed by atoms with Gasteiger partial charge in [-0.1, -0.05) is 22.0 Å². The third kappa shape index (κ3) is 2.13. The second-order valence-electron chi connectivity index (χ2n) is 4.73. The number of hydrogen-bond donors (Lipinski definition) is 0. The van der Waals surface area contributed by atoms with Gasteiger partial charge in [-0.15, -0.1) is 11.6 Å². The molecule has 20 heavy (non-hydrogen) atoms. The summed E-state index contributed by atoms with van der Waals surface area (Å²) in [5.41, 5.74) is 5.05. The zero-order valence-corrected chi connectivity index (χ0v) is 13.5. The average molecular weight is 351 g/mol. The number of benzene rings is 1. The Bertz CT molecular complexity index is 795. The molecule has 0 atom stereocenters. The van der Waals surface area contributed by atoms with Crippen LogP contribution in [0.4, 0.5) is 0 Å². The van der Waals surface area contributed by atoms with Gasteiger partial charge >= 0.3 is 0 Å². The first kappa shape index (κ1) is 13.6. The van der Waals surface area contributed by atoms with Crippen molar-refractivity contribution in [2.45, 2.75) is 19.7 Å². The fourth-order valence-corrected chi connectivity index (χ4v) is 2.77. The molecule has 102 valence electrons. The van der Waals surface area contributed by atoms with E-state index in [-0.39, 0.29) is 0 Å². The van der Waals surface area contributed by atoms with Crippen molar-refractivity contribution >= 4 is 38.7 Å². The van der Waals surface area contributed by atoms with Crippen LogP contribution in [0.2, 0.25) is 0 Å². The van der Waals surface area contributed by atoms with Gasteiger partial charge in [0.1, 0.15) is 11.3 Å². The number of nitrogens with zero attached hydrogens (tertiary/aromatic N) is 3. The summed E-state index contributed by atoms with van der Waals surface area (Å²) in [5.74, 6) is 1.15. The van der Waals surface area contributed by atoms with Gasteiger partial charge in [-0.3, -0.25) is 4.57 Å². The molecule has 0 aliphatic heterocycles. The van der Waals surface area contributed by atoms with E-state index in [1.807, 2.05) is 17.6 Å². The molecule has 0 saturated carbocycles. The molecule has 2 heterocycles. The number of halogens is 2. The molecular formula is C15H13BrClN3. The van der Waals surface area contributed by atoms with Crippen LogP contribution in [0.1, 0.15) is 17.0 Å². The average Bonchev–Trinajstić information content (AvgIpc) is 2.82. The van der Waals surface area contributed by atoms with Crippen LogP contribution in [0.5, 0.6) is 0 Å². The van der Waals surface area contributed by atoms with Gasteiger partial charge in [0.05, 0.1) is 11.6 Å². The van der Waals surface area contributed by atoms with E-state index in [0.717, 1.165) is 32.7 Å². The Morgan fingerprint density at radius 1 is 1.20 bits per heavy atom. The van der Waals surface area contributed by atoms with Gasteiger partial charge in [0.15, 0.2) is 5.65 Å². The molecule has 1 aromatic carbocycles. The highest BCUT2D eigenvalue weighted by molar-refractivity contribution is 9.10. The number of fused-ring (bicyclic) bond motifs is 1. The molecule has 0 aliphatic rings. The molecule has 2 aromatic heterocycles. The third-order valence-corrected chi connectivity index (χ3v) is 4.44. The maximum Gasteiger partial charge on any atom is 0.164 e. The summed E-state index contributed by atoms with van der Waals surface area (Å²) in [6.07, 6.45) is 1.80. The highest BCUT2D eigenvalue weighted by atomic mass is 79.9. The Balaban J connectivity index is 2.34. The van der Waals surface area contributed by atoms with Crippen molar-refractivity contribution in [3.63, 3.8) is 0 Å². The van der Waals surface area contributed by atoms with Gasteiger partial charge in [0.2, 0.25) is 0 Å². The number of imidazole rings is 1. The maximum atomic E-state index is 6.05. The van der Waals surface area contributed by atoms with Crippen LogP contribution in [0.3, 0.4) is 0 Å². The lowest BCUT2D eigenvalue weighted by atomic mass is 10.2. The van der Waals surface area contributed by atoms with Crippen molar-refractivity contribution in [3.05, 3.63) is 51.9 Å². The molecule has 0 amide bonds. The van der Waals surface area contributed by atoms with E-state index in [2.05, 4.69) is 51.0 Å². The lowest BCUT2D eigenvalue weighted by molar-refractivity contribution is 0.968. The molecule has 0 aliphatic carbocycles. The molecule has 0 fully saturated rings. The van der Waals surface area contributed by atoms with Crippen molar-refractivity contribution in [2.75, 3.05) is 0 Å². The third-order valence-electron chi connectivity index (χ3n) is 3.35. The Hall–Kier alpha value is -1.39. The van der Waals surface area contributed by atoms with E-state index in [4.69, 9.17) is 11.6 Å². The van der Waals surface area contributed by atoms with Gasteiger partial charge in [-0.25, -0.2) is 9.97 Å². The van der Waals surface area contributed by atoms with Crippen molar-refractivity contribution in [2.24, 2.45) is 0 Å². The highest BCUT2D eigenvalue weighted by Gasteiger charge is 2.14. The number of hydrogen-bond acceptors (Lipinski definition) is 2. The van der Waals surface area contributed by atoms with E-state index in [1.54, 1.807) is 6.20 Å². The molecule has 3 nitrogen and oxygen atoms in total. The molecule has 0 saturated heterocycles. The summed E-state index contributed by atoms with van der Waals surface area (Å²) in [4.78, 5) is 9.08. The fraction of sp³-hybridized carbons (Fsp3) is 0.200. The van der Waals surface area contributed by atoms with Crippen LogP contribution in [-0.4, -0.2) is 14.5 Å². The quantitative estimate of drug-likeness (QED) is 0.635. The molecule has 0 bridgehead atoms. The fourth-order valence-electron chi connectivity index (χ4n) is 2.22. The zero-order valence-electron chi connectivity index (χ0n) is 11.2. The molecule has 3 rings (SSSR count). The van der Waals surface area contributed by atoms with Gasteiger partial charge in [0.25, 0.3) is 0 Å². The number of pyridine rings is 1. The summed E-state index contributed by atoms with van der Waals surface area (Å²) in [6.45, 7) is 4.09. The van der Waals surface area contributed by atoms with Crippen LogP contribution in [-0.2, 0) is 5.88 Å². The van der Waals surface area contributed by atoms with Gasteiger partial charge in [-0.05, 0) is 43.2 Å². The molecule has 0 N–H and O–H groups in total. The summed E-state index contributed by atoms with van der Waals surface area (Å²) in [5, 5.41) is 0. The van der Waals surface area contributed by atoms with Crippen molar-refractivity contribution in [3.8, 4) is 5.69 Å². The predicted octanol–water partition coefficient (Wildman–Crippen LogP) is 4.54. The van der Waals surface area contributed by atoms with Crippen LogP contribution in [0.15, 0.2) is 34.9 Å².